The average Bonchev–Trinajstić information content (AvgIpc) is 2.29. The van der Waals surface area contributed by atoms with Gasteiger partial charge in [0.05, 0.1) is 5.54 Å². The van der Waals surface area contributed by atoms with E-state index in [0.29, 0.717) is 0 Å². The predicted molar refractivity (Wildman–Crippen MR) is 74.0 cm³/mol. The summed E-state index contributed by atoms with van der Waals surface area (Å²) in [5.41, 5.74) is -3.56. The molecule has 0 bridgehead atoms. The zero-order valence-corrected chi connectivity index (χ0v) is 13.1. The van der Waals surface area contributed by atoms with Gasteiger partial charge in [0, 0.05) is 19.5 Å². The van der Waals surface area contributed by atoms with Crippen molar-refractivity contribution in [2.75, 3.05) is 13.1 Å². The van der Waals surface area contributed by atoms with Gasteiger partial charge in [0.15, 0.2) is 5.78 Å². The molecule has 2 heterocycles. The highest BCUT2D eigenvalue weighted by Crippen LogP contribution is 2.36. The third-order valence-corrected chi connectivity index (χ3v) is 3.96. The maximum absolute atomic E-state index is 12.1. The molecular weight excluding hydrogens is 292 g/mol. The van der Waals surface area contributed by atoms with E-state index in [9.17, 15) is 19.2 Å². The Hall–Kier alpha value is -2.12. The van der Waals surface area contributed by atoms with Crippen molar-refractivity contribution in [3.63, 3.8) is 0 Å². The number of hydrogen-bond acceptors (Lipinski definition) is 5. The van der Waals surface area contributed by atoms with Crippen molar-refractivity contribution in [1.82, 2.24) is 10.2 Å². The van der Waals surface area contributed by atoms with Crippen molar-refractivity contribution in [3.8, 4) is 0 Å². The summed E-state index contributed by atoms with van der Waals surface area (Å²) in [7, 11) is 0. The molecule has 1 spiro atoms. The van der Waals surface area contributed by atoms with E-state index in [4.69, 9.17) is 9.84 Å². The summed E-state index contributed by atoms with van der Waals surface area (Å²) < 4.78 is 5.20. The minimum absolute atomic E-state index is 0.110. The number of nitrogens with zero attached hydrogens (tertiary/aromatic N) is 1. The molecule has 8 nitrogen and oxygen atoms in total. The fourth-order valence-electron chi connectivity index (χ4n) is 2.57. The van der Waals surface area contributed by atoms with Crippen LogP contribution in [-0.4, -0.2) is 58.0 Å². The lowest BCUT2D eigenvalue weighted by Gasteiger charge is -2.53. The van der Waals surface area contributed by atoms with Crippen LogP contribution in [0.2, 0.25) is 0 Å². The molecule has 0 aliphatic carbocycles. The molecule has 0 aromatic carbocycles. The molecule has 22 heavy (non-hydrogen) atoms. The molecule has 2 fully saturated rings. The van der Waals surface area contributed by atoms with E-state index in [1.54, 1.807) is 20.8 Å². The Morgan fingerprint density at radius 2 is 1.82 bits per heavy atom. The molecule has 2 aliphatic rings. The molecule has 2 aliphatic heterocycles. The Balaban J connectivity index is 2.04. The van der Waals surface area contributed by atoms with Crippen molar-refractivity contribution >= 4 is 23.8 Å². The van der Waals surface area contributed by atoms with Gasteiger partial charge in [0.1, 0.15) is 5.60 Å². The summed E-state index contributed by atoms with van der Waals surface area (Å²) in [5.74, 6) is -2.94. The number of ether oxygens (including phenoxy) is 1. The minimum atomic E-state index is -2.06. The molecule has 0 unspecified atom stereocenters. The average molecular weight is 312 g/mol. The number of hydrogen-bond donors (Lipinski definition) is 2. The van der Waals surface area contributed by atoms with E-state index in [1.807, 2.05) is 0 Å². The van der Waals surface area contributed by atoms with E-state index >= 15 is 0 Å². The van der Waals surface area contributed by atoms with Gasteiger partial charge in [-0.3, -0.25) is 14.4 Å². The third-order valence-electron chi connectivity index (χ3n) is 3.96. The van der Waals surface area contributed by atoms with Crippen molar-refractivity contribution < 1.29 is 29.0 Å². The highest BCUT2D eigenvalue weighted by molar-refractivity contribution is 6.22. The number of likely N-dealkylation sites (tertiary alicyclic amines) is 1. The summed E-state index contributed by atoms with van der Waals surface area (Å²) in [6.45, 7) is 6.59. The van der Waals surface area contributed by atoms with E-state index in [2.05, 4.69) is 5.32 Å². The first-order chi connectivity index (χ1) is 9.90. The van der Waals surface area contributed by atoms with Crippen LogP contribution < -0.4 is 5.32 Å². The van der Waals surface area contributed by atoms with Crippen LogP contribution in [0.1, 0.15) is 34.1 Å². The number of carbonyl (C=O) groups excluding carboxylic acids is 3. The van der Waals surface area contributed by atoms with Crippen LogP contribution in [0.15, 0.2) is 0 Å². The summed E-state index contributed by atoms with van der Waals surface area (Å²) in [4.78, 5) is 48.6. The number of carboxylic acids is 1. The van der Waals surface area contributed by atoms with E-state index in [0.717, 1.165) is 6.92 Å². The largest absolute Gasteiger partial charge is 0.480 e. The second-order valence-electron chi connectivity index (χ2n) is 7.10. The predicted octanol–water partition coefficient (Wildman–Crippen LogP) is 0.156. The highest BCUT2D eigenvalue weighted by atomic mass is 16.6. The molecule has 1 atom stereocenters. The molecular formula is C14H20N2O6. The number of Topliss-reactive ketones (excluding diaryl/α,β-unsaturated/α-hetero) is 1. The second-order valence-corrected chi connectivity index (χ2v) is 7.10. The fraction of sp³-hybridized carbons (Fsp3) is 0.714. The monoisotopic (exact) mass is 312 g/mol. The minimum Gasteiger partial charge on any atom is -0.480 e. The summed E-state index contributed by atoms with van der Waals surface area (Å²) in [6.07, 6.45) is -0.632. The fourth-order valence-corrected chi connectivity index (χ4v) is 2.57. The molecule has 0 aromatic rings. The number of carbonyl (C=O) groups is 4. The number of rotatable bonds is 1. The van der Waals surface area contributed by atoms with Crippen LogP contribution in [-0.2, 0) is 19.1 Å². The molecule has 0 saturated carbocycles. The maximum Gasteiger partial charge on any atom is 0.410 e. The number of nitrogens with one attached hydrogen (secondary N) is 1. The number of ketones is 1. The zero-order valence-electron chi connectivity index (χ0n) is 13.1. The van der Waals surface area contributed by atoms with Gasteiger partial charge >= 0.3 is 12.1 Å². The molecule has 0 radical (unpaired) electrons. The van der Waals surface area contributed by atoms with Crippen molar-refractivity contribution in [1.29, 1.82) is 0 Å². The van der Waals surface area contributed by atoms with Gasteiger partial charge in [-0.2, -0.15) is 0 Å². The molecule has 0 aromatic heterocycles. The first-order valence-electron chi connectivity index (χ1n) is 6.97. The smallest absolute Gasteiger partial charge is 0.410 e. The van der Waals surface area contributed by atoms with Gasteiger partial charge < -0.3 is 20.1 Å². The number of carboxylic acid groups (broad SMARTS) is 1. The van der Waals surface area contributed by atoms with Gasteiger partial charge in [-0.05, 0) is 27.7 Å². The van der Waals surface area contributed by atoms with Gasteiger partial charge in [-0.15, -0.1) is 0 Å². The van der Waals surface area contributed by atoms with E-state index < -0.39 is 40.3 Å². The van der Waals surface area contributed by atoms with Gasteiger partial charge in [-0.1, -0.05) is 0 Å². The lowest BCUT2D eigenvalue weighted by molar-refractivity contribution is -0.166. The first kappa shape index (κ1) is 16.3. The Kier molecular flexibility index (Phi) is 3.46. The first-order valence-corrected chi connectivity index (χ1v) is 6.97. The normalized spacial score (nSPS) is 27.2. The number of piperidine rings is 1. The van der Waals surface area contributed by atoms with Gasteiger partial charge in [0.2, 0.25) is 11.3 Å². The molecule has 2 N–H and O–H groups in total. The standard InChI is InChI=1S/C14H20N2O6/c1-12(2,3)22-11(21)16-6-14(7-16)5-8(17)13(4,10(19)20)9(18)15-14/h5-7H2,1-4H3,(H,15,18)(H,19,20)/t13-/m0/s1. The molecule has 122 valence electrons. The Labute approximate surface area is 127 Å². The van der Waals surface area contributed by atoms with Crippen LogP contribution in [0.5, 0.6) is 0 Å². The maximum atomic E-state index is 12.1. The summed E-state index contributed by atoms with van der Waals surface area (Å²) in [5, 5.41) is 11.7. The Bertz CT molecular complexity index is 536. The molecule has 2 amide bonds. The third kappa shape index (κ3) is 2.53. The Morgan fingerprint density at radius 3 is 2.23 bits per heavy atom. The van der Waals surface area contributed by atoms with Gasteiger partial charge in [-0.25, -0.2) is 4.79 Å². The van der Waals surface area contributed by atoms with Crippen LogP contribution in [0, 0.1) is 5.41 Å². The SMILES string of the molecule is CC(C)(C)OC(=O)N1CC2(CC(=O)[C@](C)(C(=O)O)C(=O)N2)C1. The second kappa shape index (κ2) is 4.69. The van der Waals surface area contributed by atoms with Crippen LogP contribution in [0.4, 0.5) is 4.79 Å². The van der Waals surface area contributed by atoms with Crippen molar-refractivity contribution in [3.05, 3.63) is 0 Å². The Morgan fingerprint density at radius 1 is 1.27 bits per heavy atom. The summed E-state index contributed by atoms with van der Waals surface area (Å²) >= 11 is 0. The highest BCUT2D eigenvalue weighted by Gasteiger charge is 2.60. The number of aliphatic carboxylic acids is 1. The van der Waals surface area contributed by atoms with Gasteiger partial charge in [0.25, 0.3) is 0 Å². The van der Waals surface area contributed by atoms with E-state index in [1.165, 1.54) is 4.90 Å². The topological polar surface area (TPSA) is 113 Å². The molecule has 8 heteroatoms. The quantitative estimate of drug-likeness (QED) is 0.667. The zero-order chi connectivity index (χ0) is 16.9. The summed E-state index contributed by atoms with van der Waals surface area (Å²) in [6, 6.07) is 0. The lowest BCUT2D eigenvalue weighted by Crippen LogP contribution is -2.77. The molecule has 2 saturated heterocycles. The van der Waals surface area contributed by atoms with Crippen LogP contribution >= 0.6 is 0 Å². The number of amides is 2. The van der Waals surface area contributed by atoms with Crippen molar-refractivity contribution in [2.24, 2.45) is 5.41 Å². The van der Waals surface area contributed by atoms with Crippen LogP contribution in [0.25, 0.3) is 0 Å². The molecule has 2 rings (SSSR count). The lowest BCUT2D eigenvalue weighted by atomic mass is 9.71. The van der Waals surface area contributed by atoms with Crippen LogP contribution in [0.3, 0.4) is 0 Å². The van der Waals surface area contributed by atoms with Crippen molar-refractivity contribution in [2.45, 2.75) is 45.3 Å². The van der Waals surface area contributed by atoms with E-state index in [-0.39, 0.29) is 19.5 Å².